The highest BCUT2D eigenvalue weighted by Crippen LogP contribution is 2.31. The number of esters is 1. The van der Waals surface area contributed by atoms with Gasteiger partial charge in [-0.05, 0) is 77.5 Å². The second-order valence-corrected chi connectivity index (χ2v) is 10.6. The SMILES string of the molecule is CCOC(=O)C1=C(C)N=c2sc(=Cc3ccc(OCC)c(Br)c3)c(=O)n2C1c1ccc(C(C)C)cc1. The molecule has 4 rings (SSSR count). The Labute approximate surface area is 222 Å². The van der Waals surface area contributed by atoms with Crippen molar-refractivity contribution in [2.75, 3.05) is 13.2 Å². The van der Waals surface area contributed by atoms with Crippen molar-refractivity contribution < 1.29 is 14.3 Å². The fourth-order valence-corrected chi connectivity index (χ4v) is 5.76. The summed E-state index contributed by atoms with van der Waals surface area (Å²) >= 11 is 4.85. The molecule has 0 saturated carbocycles. The minimum atomic E-state index is -0.615. The molecule has 0 N–H and O–H groups in total. The van der Waals surface area contributed by atoms with Crippen LogP contribution in [0.3, 0.4) is 0 Å². The number of ether oxygens (including phenoxy) is 2. The van der Waals surface area contributed by atoms with E-state index in [1.807, 2.05) is 55.5 Å². The highest BCUT2D eigenvalue weighted by atomic mass is 79.9. The highest BCUT2D eigenvalue weighted by Gasteiger charge is 2.33. The predicted octanol–water partition coefficient (Wildman–Crippen LogP) is 5.08. The van der Waals surface area contributed by atoms with E-state index in [4.69, 9.17) is 9.47 Å². The van der Waals surface area contributed by atoms with Gasteiger partial charge in [0.05, 0.1) is 39.5 Å². The van der Waals surface area contributed by atoms with Crippen LogP contribution in [0, 0.1) is 0 Å². The molecule has 6 nitrogen and oxygen atoms in total. The third-order valence-electron chi connectivity index (χ3n) is 5.99. The number of carbonyl (C=O) groups is 1. The molecule has 0 amide bonds. The number of fused-ring (bicyclic) bond motifs is 1. The van der Waals surface area contributed by atoms with Gasteiger partial charge in [0.1, 0.15) is 5.75 Å². The van der Waals surface area contributed by atoms with Crippen LogP contribution < -0.4 is 19.6 Å². The van der Waals surface area contributed by atoms with Gasteiger partial charge in [-0.25, -0.2) is 9.79 Å². The van der Waals surface area contributed by atoms with Crippen LogP contribution in [0.25, 0.3) is 6.08 Å². The molecule has 0 bridgehead atoms. The molecule has 8 heteroatoms. The Morgan fingerprint density at radius 2 is 1.89 bits per heavy atom. The highest BCUT2D eigenvalue weighted by molar-refractivity contribution is 9.10. The lowest BCUT2D eigenvalue weighted by Gasteiger charge is -2.25. The van der Waals surface area contributed by atoms with Gasteiger partial charge in [0.25, 0.3) is 5.56 Å². The number of halogens is 1. The minimum absolute atomic E-state index is 0.198. The molecule has 1 unspecified atom stereocenters. The third kappa shape index (κ3) is 5.11. The lowest BCUT2D eigenvalue weighted by atomic mass is 9.93. The Bertz CT molecular complexity index is 1500. The van der Waals surface area contributed by atoms with Crippen molar-refractivity contribution in [2.24, 2.45) is 4.99 Å². The zero-order valence-electron chi connectivity index (χ0n) is 21.0. The quantitative estimate of drug-likeness (QED) is 0.372. The second kappa shape index (κ2) is 11.0. The fraction of sp³-hybridized carbons (Fsp3) is 0.321. The van der Waals surface area contributed by atoms with E-state index in [9.17, 15) is 9.59 Å². The van der Waals surface area contributed by atoms with Crippen LogP contribution in [0.2, 0.25) is 0 Å². The van der Waals surface area contributed by atoms with Crippen molar-refractivity contribution in [1.29, 1.82) is 0 Å². The summed E-state index contributed by atoms with van der Waals surface area (Å²) in [4.78, 5) is 32.0. The van der Waals surface area contributed by atoms with Crippen LogP contribution in [0.5, 0.6) is 5.75 Å². The summed E-state index contributed by atoms with van der Waals surface area (Å²) in [6, 6.07) is 13.1. The molecule has 0 saturated heterocycles. The maximum atomic E-state index is 13.7. The number of carbonyl (C=O) groups excluding carboxylic acids is 1. The summed E-state index contributed by atoms with van der Waals surface area (Å²) in [6.07, 6.45) is 1.84. The summed E-state index contributed by atoms with van der Waals surface area (Å²) in [5.41, 5.74) is 3.63. The lowest BCUT2D eigenvalue weighted by molar-refractivity contribution is -0.139. The van der Waals surface area contributed by atoms with Crippen molar-refractivity contribution in [3.63, 3.8) is 0 Å². The van der Waals surface area contributed by atoms with Gasteiger partial charge in [0.2, 0.25) is 0 Å². The molecule has 3 aromatic rings. The molecule has 1 aliphatic rings. The molecule has 1 aromatic heterocycles. The average Bonchev–Trinajstić information content (AvgIpc) is 3.14. The van der Waals surface area contributed by atoms with Crippen LogP contribution in [0.1, 0.15) is 63.3 Å². The maximum absolute atomic E-state index is 13.7. The lowest BCUT2D eigenvalue weighted by Crippen LogP contribution is -2.39. The molecule has 0 spiro atoms. The van der Waals surface area contributed by atoms with Crippen LogP contribution in [0.15, 0.2) is 68.0 Å². The number of aromatic nitrogens is 1. The normalized spacial score (nSPS) is 15.6. The molecule has 188 valence electrons. The topological polar surface area (TPSA) is 69.9 Å². The van der Waals surface area contributed by atoms with Crippen LogP contribution in [-0.4, -0.2) is 23.8 Å². The fourth-order valence-electron chi connectivity index (χ4n) is 4.20. The average molecular weight is 570 g/mol. The Morgan fingerprint density at radius 3 is 2.50 bits per heavy atom. The van der Waals surface area contributed by atoms with Gasteiger partial charge in [0, 0.05) is 0 Å². The third-order valence-corrected chi connectivity index (χ3v) is 7.59. The Hall–Kier alpha value is -2.97. The van der Waals surface area contributed by atoms with Crippen molar-refractivity contribution in [3.05, 3.63) is 94.6 Å². The van der Waals surface area contributed by atoms with Gasteiger partial charge in [-0.15, -0.1) is 0 Å². The second-order valence-electron chi connectivity index (χ2n) is 8.75. The smallest absolute Gasteiger partial charge is 0.338 e. The van der Waals surface area contributed by atoms with Crippen molar-refractivity contribution in [2.45, 2.75) is 46.6 Å². The number of thiazole rings is 1. The van der Waals surface area contributed by atoms with Crippen LogP contribution >= 0.6 is 27.3 Å². The van der Waals surface area contributed by atoms with Crippen molar-refractivity contribution in [1.82, 2.24) is 4.57 Å². The summed E-state index contributed by atoms with van der Waals surface area (Å²) < 4.78 is 13.9. The van der Waals surface area contributed by atoms with Crippen LogP contribution in [0.4, 0.5) is 0 Å². The van der Waals surface area contributed by atoms with Gasteiger partial charge in [-0.1, -0.05) is 55.5 Å². The Kier molecular flexibility index (Phi) is 7.95. The molecule has 2 heterocycles. The number of rotatable bonds is 7. The summed E-state index contributed by atoms with van der Waals surface area (Å²) in [7, 11) is 0. The summed E-state index contributed by atoms with van der Waals surface area (Å²) in [6.45, 7) is 10.6. The Balaban J connectivity index is 1.89. The minimum Gasteiger partial charge on any atom is -0.493 e. The molecular weight excluding hydrogens is 540 g/mol. The van der Waals surface area contributed by atoms with E-state index in [1.165, 1.54) is 16.9 Å². The Morgan fingerprint density at radius 1 is 1.17 bits per heavy atom. The molecule has 36 heavy (non-hydrogen) atoms. The molecule has 1 atom stereocenters. The molecule has 0 radical (unpaired) electrons. The van der Waals surface area contributed by atoms with Gasteiger partial charge in [0.15, 0.2) is 4.80 Å². The molecule has 0 aliphatic carbocycles. The monoisotopic (exact) mass is 568 g/mol. The first kappa shape index (κ1) is 26.1. The van der Waals surface area contributed by atoms with Crippen LogP contribution in [-0.2, 0) is 9.53 Å². The zero-order valence-corrected chi connectivity index (χ0v) is 23.4. The van der Waals surface area contributed by atoms with Crippen molar-refractivity contribution >= 4 is 39.3 Å². The van der Waals surface area contributed by atoms with E-state index in [2.05, 4.69) is 34.8 Å². The molecule has 2 aromatic carbocycles. The van der Waals surface area contributed by atoms with Gasteiger partial charge < -0.3 is 9.47 Å². The first-order valence-electron chi connectivity index (χ1n) is 12.0. The number of allylic oxidation sites excluding steroid dienone is 1. The first-order valence-corrected chi connectivity index (χ1v) is 13.6. The first-order chi connectivity index (χ1) is 17.2. The molecule has 1 aliphatic heterocycles. The maximum Gasteiger partial charge on any atom is 0.338 e. The summed E-state index contributed by atoms with van der Waals surface area (Å²) in [5.74, 6) is 0.661. The van der Waals surface area contributed by atoms with Gasteiger partial charge >= 0.3 is 5.97 Å². The van der Waals surface area contributed by atoms with E-state index in [-0.39, 0.29) is 12.2 Å². The number of benzene rings is 2. The van der Waals surface area contributed by atoms with Crippen molar-refractivity contribution in [3.8, 4) is 5.75 Å². The molecule has 0 fully saturated rings. The van der Waals surface area contributed by atoms with E-state index in [0.717, 1.165) is 21.3 Å². The predicted molar refractivity (Wildman–Crippen MR) is 146 cm³/mol. The van der Waals surface area contributed by atoms with Gasteiger partial charge in [-0.3, -0.25) is 9.36 Å². The standard InChI is InChI=1S/C28H29BrN2O4S/c1-6-34-22-13-8-18(14-21(22)29)15-23-26(32)31-25(20-11-9-19(10-12-20)16(3)4)24(27(33)35-7-2)17(5)30-28(31)36-23/h8-16,25H,6-7H2,1-5H3. The van der Waals surface area contributed by atoms with E-state index in [0.29, 0.717) is 33.1 Å². The zero-order chi connectivity index (χ0) is 26.0. The summed E-state index contributed by atoms with van der Waals surface area (Å²) in [5, 5.41) is 0. The molecular formula is C28H29BrN2O4S. The van der Waals surface area contributed by atoms with E-state index >= 15 is 0 Å². The number of hydrogen-bond donors (Lipinski definition) is 0. The number of hydrogen-bond acceptors (Lipinski definition) is 6. The van der Waals surface area contributed by atoms with Gasteiger partial charge in [-0.2, -0.15) is 0 Å². The number of nitrogens with zero attached hydrogens (tertiary/aromatic N) is 2. The van der Waals surface area contributed by atoms with E-state index < -0.39 is 12.0 Å². The largest absolute Gasteiger partial charge is 0.493 e. The van der Waals surface area contributed by atoms with E-state index in [1.54, 1.807) is 18.4 Å².